The summed E-state index contributed by atoms with van der Waals surface area (Å²) in [7, 11) is 1.70. The van der Waals surface area contributed by atoms with Crippen LogP contribution in [0, 0.1) is 0 Å². The number of hydrogen-bond donors (Lipinski definition) is 0. The van der Waals surface area contributed by atoms with Gasteiger partial charge in [-0.3, -0.25) is 4.79 Å². The van der Waals surface area contributed by atoms with Gasteiger partial charge in [0.25, 0.3) is 0 Å². The Labute approximate surface area is 80.1 Å². The van der Waals surface area contributed by atoms with Gasteiger partial charge in [0.05, 0.1) is 12.6 Å². The second kappa shape index (κ2) is 5.22. The fourth-order valence-electron chi connectivity index (χ4n) is 1.89. The molecule has 1 saturated heterocycles. The van der Waals surface area contributed by atoms with E-state index < -0.39 is 0 Å². The van der Waals surface area contributed by atoms with E-state index in [9.17, 15) is 4.79 Å². The minimum atomic E-state index is 0.294. The van der Waals surface area contributed by atoms with Crippen LogP contribution in [0.25, 0.3) is 0 Å². The highest BCUT2D eigenvalue weighted by Gasteiger charge is 2.27. The van der Waals surface area contributed by atoms with Crippen LogP contribution < -0.4 is 0 Å². The van der Waals surface area contributed by atoms with E-state index in [1.807, 2.05) is 11.8 Å². The molecule has 1 atom stereocenters. The Morgan fingerprint density at radius 1 is 1.62 bits per heavy atom. The second-order valence-corrected chi connectivity index (χ2v) is 3.59. The first kappa shape index (κ1) is 10.5. The highest BCUT2D eigenvalue weighted by atomic mass is 16.5. The molecule has 3 nitrogen and oxygen atoms in total. The molecule has 1 unspecified atom stereocenters. The van der Waals surface area contributed by atoms with Gasteiger partial charge < -0.3 is 9.64 Å². The van der Waals surface area contributed by atoms with Gasteiger partial charge in [0.1, 0.15) is 0 Å². The Morgan fingerprint density at radius 3 is 3.00 bits per heavy atom. The molecule has 3 heteroatoms. The van der Waals surface area contributed by atoms with E-state index in [0.29, 0.717) is 25.0 Å². The van der Waals surface area contributed by atoms with E-state index >= 15 is 0 Å². The van der Waals surface area contributed by atoms with Gasteiger partial charge in [-0.05, 0) is 19.3 Å². The molecule has 1 aliphatic rings. The van der Waals surface area contributed by atoms with Crippen LogP contribution in [0.15, 0.2) is 0 Å². The monoisotopic (exact) mass is 185 g/mol. The molecule has 0 aromatic heterocycles. The van der Waals surface area contributed by atoms with Crippen molar-refractivity contribution in [2.24, 2.45) is 0 Å². The van der Waals surface area contributed by atoms with Gasteiger partial charge in [0.2, 0.25) is 5.91 Å². The summed E-state index contributed by atoms with van der Waals surface area (Å²) in [4.78, 5) is 13.6. The van der Waals surface area contributed by atoms with Gasteiger partial charge in [-0.15, -0.1) is 0 Å². The first-order valence-corrected chi connectivity index (χ1v) is 5.08. The molecule has 1 heterocycles. The minimum absolute atomic E-state index is 0.294. The van der Waals surface area contributed by atoms with Crippen LogP contribution in [0.3, 0.4) is 0 Å². The molecule has 0 N–H and O–H groups in total. The molecular weight excluding hydrogens is 166 g/mol. The number of nitrogens with zero attached hydrogens (tertiary/aromatic N) is 1. The largest absolute Gasteiger partial charge is 0.383 e. The number of likely N-dealkylation sites (tertiary alicyclic amines) is 1. The quantitative estimate of drug-likeness (QED) is 0.663. The van der Waals surface area contributed by atoms with Gasteiger partial charge in [0.15, 0.2) is 0 Å². The fourth-order valence-corrected chi connectivity index (χ4v) is 1.89. The van der Waals surface area contributed by atoms with E-state index in [1.54, 1.807) is 7.11 Å². The lowest BCUT2D eigenvalue weighted by Crippen LogP contribution is -2.37. The zero-order valence-electron chi connectivity index (χ0n) is 8.58. The third-order valence-corrected chi connectivity index (χ3v) is 2.52. The predicted octanol–water partition coefficient (Wildman–Crippen LogP) is 1.42. The van der Waals surface area contributed by atoms with Gasteiger partial charge in [-0.1, -0.05) is 6.92 Å². The Hall–Kier alpha value is -0.570. The SMILES string of the molecule is CCCC(=O)N1CCCC1COC. The van der Waals surface area contributed by atoms with Crippen LogP contribution in [-0.2, 0) is 9.53 Å². The Morgan fingerprint density at radius 2 is 2.38 bits per heavy atom. The summed E-state index contributed by atoms with van der Waals surface area (Å²) in [6.45, 7) is 3.65. The van der Waals surface area contributed by atoms with E-state index in [1.165, 1.54) is 0 Å². The number of methoxy groups -OCH3 is 1. The van der Waals surface area contributed by atoms with E-state index in [4.69, 9.17) is 4.74 Å². The average Bonchev–Trinajstić information content (AvgIpc) is 2.54. The first-order chi connectivity index (χ1) is 6.29. The summed E-state index contributed by atoms with van der Waals surface area (Å²) in [6, 6.07) is 0.337. The normalized spacial score (nSPS) is 22.3. The fraction of sp³-hybridized carbons (Fsp3) is 0.900. The summed E-state index contributed by atoms with van der Waals surface area (Å²) in [5.74, 6) is 0.294. The van der Waals surface area contributed by atoms with Gasteiger partial charge >= 0.3 is 0 Å². The predicted molar refractivity (Wildman–Crippen MR) is 51.5 cm³/mol. The van der Waals surface area contributed by atoms with Crippen molar-refractivity contribution in [2.45, 2.75) is 38.6 Å². The maximum atomic E-state index is 11.6. The Kier molecular flexibility index (Phi) is 4.22. The van der Waals surface area contributed by atoms with E-state index in [-0.39, 0.29) is 0 Å². The molecule has 0 aliphatic carbocycles. The number of carbonyl (C=O) groups is 1. The van der Waals surface area contributed by atoms with Crippen LogP contribution in [0.2, 0.25) is 0 Å². The first-order valence-electron chi connectivity index (χ1n) is 5.08. The molecule has 13 heavy (non-hydrogen) atoms. The molecule has 0 spiro atoms. The third-order valence-electron chi connectivity index (χ3n) is 2.52. The number of hydrogen-bond acceptors (Lipinski definition) is 2. The van der Waals surface area contributed by atoms with Crippen LogP contribution in [0.4, 0.5) is 0 Å². The van der Waals surface area contributed by atoms with Crippen molar-refractivity contribution in [1.82, 2.24) is 4.90 Å². The van der Waals surface area contributed by atoms with Crippen LogP contribution in [0.1, 0.15) is 32.6 Å². The molecule has 0 radical (unpaired) electrons. The third kappa shape index (κ3) is 2.69. The smallest absolute Gasteiger partial charge is 0.222 e. The maximum absolute atomic E-state index is 11.6. The highest BCUT2D eigenvalue weighted by Crippen LogP contribution is 2.18. The van der Waals surface area contributed by atoms with E-state index in [2.05, 4.69) is 0 Å². The molecule has 0 aromatic rings. The molecular formula is C10H19NO2. The zero-order valence-corrected chi connectivity index (χ0v) is 8.58. The second-order valence-electron chi connectivity index (χ2n) is 3.59. The number of amides is 1. The topological polar surface area (TPSA) is 29.5 Å². The van der Waals surface area contributed by atoms with Gasteiger partial charge in [-0.2, -0.15) is 0 Å². The lowest BCUT2D eigenvalue weighted by atomic mass is 10.2. The average molecular weight is 185 g/mol. The van der Waals surface area contributed by atoms with Crippen molar-refractivity contribution in [1.29, 1.82) is 0 Å². The number of rotatable bonds is 4. The van der Waals surface area contributed by atoms with Crippen LogP contribution >= 0.6 is 0 Å². The molecule has 1 rings (SSSR count). The zero-order chi connectivity index (χ0) is 9.68. The van der Waals surface area contributed by atoms with Crippen molar-refractivity contribution in [2.75, 3.05) is 20.3 Å². The Balaban J connectivity index is 2.42. The van der Waals surface area contributed by atoms with Crippen molar-refractivity contribution in [3.8, 4) is 0 Å². The molecule has 0 saturated carbocycles. The van der Waals surface area contributed by atoms with Crippen molar-refractivity contribution >= 4 is 5.91 Å². The number of carbonyl (C=O) groups excluding carboxylic acids is 1. The maximum Gasteiger partial charge on any atom is 0.222 e. The van der Waals surface area contributed by atoms with Gasteiger partial charge in [-0.25, -0.2) is 0 Å². The van der Waals surface area contributed by atoms with Crippen LogP contribution in [-0.4, -0.2) is 37.1 Å². The molecule has 1 fully saturated rings. The number of ether oxygens (including phenoxy) is 1. The lowest BCUT2D eigenvalue weighted by Gasteiger charge is -2.23. The molecule has 76 valence electrons. The van der Waals surface area contributed by atoms with E-state index in [0.717, 1.165) is 25.8 Å². The minimum Gasteiger partial charge on any atom is -0.383 e. The van der Waals surface area contributed by atoms with Gasteiger partial charge in [0, 0.05) is 20.1 Å². The molecule has 0 bridgehead atoms. The van der Waals surface area contributed by atoms with Crippen LogP contribution in [0.5, 0.6) is 0 Å². The summed E-state index contributed by atoms with van der Waals surface area (Å²) < 4.78 is 5.09. The summed E-state index contributed by atoms with van der Waals surface area (Å²) in [5, 5.41) is 0. The summed E-state index contributed by atoms with van der Waals surface area (Å²) in [5.41, 5.74) is 0. The van der Waals surface area contributed by atoms with Crippen molar-refractivity contribution < 1.29 is 9.53 Å². The molecule has 1 amide bonds. The lowest BCUT2D eigenvalue weighted by molar-refractivity contribution is -0.132. The highest BCUT2D eigenvalue weighted by molar-refractivity contribution is 5.76. The van der Waals surface area contributed by atoms with Crippen molar-refractivity contribution in [3.05, 3.63) is 0 Å². The van der Waals surface area contributed by atoms with Crippen molar-refractivity contribution in [3.63, 3.8) is 0 Å². The molecule has 0 aromatic carbocycles. The Bertz CT molecular complexity index is 170. The summed E-state index contributed by atoms with van der Waals surface area (Å²) in [6.07, 6.45) is 3.85. The molecule has 1 aliphatic heterocycles. The standard InChI is InChI=1S/C10H19NO2/c1-3-5-10(12)11-7-4-6-9(11)8-13-2/h9H,3-8H2,1-2H3. The summed E-state index contributed by atoms with van der Waals surface area (Å²) >= 11 is 0.